The van der Waals surface area contributed by atoms with Crippen LogP contribution in [0.1, 0.15) is 24.0 Å². The van der Waals surface area contributed by atoms with Gasteiger partial charge in [0.05, 0.1) is 19.3 Å². The third-order valence-electron chi connectivity index (χ3n) is 4.99. The SMILES string of the molecule is CS(=O)(=O)N1CCN(C(=O)OCC(F)C(F)(F)S(=O)(=O)[O-])C1=O.[SH2+]c1ccc2c(c1)CCCC2. The number of carbonyl (C=O) groups excluding carboxylic acids is 2. The molecule has 1 aliphatic carbocycles. The van der Waals surface area contributed by atoms with E-state index in [4.69, 9.17) is 0 Å². The summed E-state index contributed by atoms with van der Waals surface area (Å²) in [5, 5.41) is -5.33. The Morgan fingerprint density at radius 1 is 1.18 bits per heavy atom. The molecular weight excluding hydrogens is 525 g/mol. The van der Waals surface area contributed by atoms with Crippen molar-refractivity contribution < 1.29 is 48.9 Å². The summed E-state index contributed by atoms with van der Waals surface area (Å²) in [5.41, 5.74) is 3.10. The Balaban J connectivity index is 0.000000305. The van der Waals surface area contributed by atoms with Crippen molar-refractivity contribution >= 4 is 44.9 Å². The predicted molar refractivity (Wildman–Crippen MR) is 116 cm³/mol. The third-order valence-corrected chi connectivity index (χ3v) is 7.36. The Hall–Kier alpha value is -2.04. The number of hydrogen-bond acceptors (Lipinski definition) is 8. The largest absolute Gasteiger partial charge is 0.743 e. The average Bonchev–Trinajstić information content (AvgIpc) is 3.13. The number of urea groups is 1. The predicted octanol–water partition coefficient (Wildman–Crippen LogP) is 1.23. The van der Waals surface area contributed by atoms with Crippen molar-refractivity contribution in [1.82, 2.24) is 9.21 Å². The summed E-state index contributed by atoms with van der Waals surface area (Å²) in [5.74, 6) is 0. The fourth-order valence-electron chi connectivity index (χ4n) is 3.20. The number of alkyl halides is 3. The molecule has 3 rings (SSSR count). The average molecular weight is 549 g/mol. The zero-order valence-corrected chi connectivity index (χ0v) is 20.5. The maximum atomic E-state index is 13.1. The molecule has 1 unspecified atom stereocenters. The molecule has 3 amide bonds. The highest BCUT2D eigenvalue weighted by molar-refractivity contribution is 7.88. The maximum Gasteiger partial charge on any atom is 0.418 e. The van der Waals surface area contributed by atoms with Gasteiger partial charge in [0.15, 0.2) is 15.0 Å². The van der Waals surface area contributed by atoms with Gasteiger partial charge in [0, 0.05) is 0 Å². The number of halogens is 3. The Morgan fingerprint density at radius 2 is 1.76 bits per heavy atom. The van der Waals surface area contributed by atoms with E-state index in [1.807, 2.05) is 0 Å². The van der Waals surface area contributed by atoms with E-state index in [1.54, 1.807) is 11.1 Å². The molecule has 34 heavy (non-hydrogen) atoms. The van der Waals surface area contributed by atoms with E-state index in [1.165, 1.54) is 30.6 Å². The lowest BCUT2D eigenvalue weighted by atomic mass is 9.92. The molecule has 0 aromatic heterocycles. The van der Waals surface area contributed by atoms with E-state index in [2.05, 4.69) is 35.6 Å². The molecule has 0 radical (unpaired) electrons. The van der Waals surface area contributed by atoms with Gasteiger partial charge >= 0.3 is 17.4 Å². The number of hydrogen-bond donors (Lipinski definition) is 0. The van der Waals surface area contributed by atoms with Gasteiger partial charge in [-0.2, -0.15) is 8.78 Å². The quantitative estimate of drug-likeness (QED) is 0.395. The molecule has 2 aliphatic rings. The molecule has 0 saturated carbocycles. The van der Waals surface area contributed by atoms with Gasteiger partial charge in [0.25, 0.3) is 0 Å². The van der Waals surface area contributed by atoms with E-state index < -0.39 is 63.4 Å². The Bertz CT molecular complexity index is 1150. The smallest absolute Gasteiger partial charge is 0.418 e. The van der Waals surface area contributed by atoms with Crippen molar-refractivity contribution in [2.75, 3.05) is 26.0 Å². The zero-order valence-electron chi connectivity index (χ0n) is 17.9. The second-order valence-electron chi connectivity index (χ2n) is 7.52. The lowest BCUT2D eigenvalue weighted by Gasteiger charge is -2.23. The van der Waals surface area contributed by atoms with Gasteiger partial charge in [0.1, 0.15) is 6.61 Å². The van der Waals surface area contributed by atoms with Crippen LogP contribution in [0.3, 0.4) is 0 Å². The molecule has 1 aromatic carbocycles. The topological polar surface area (TPSA) is 141 Å². The van der Waals surface area contributed by atoms with Gasteiger partial charge in [-0.25, -0.2) is 40.0 Å². The van der Waals surface area contributed by atoms with Gasteiger partial charge in [0.2, 0.25) is 16.2 Å². The highest BCUT2D eigenvalue weighted by Gasteiger charge is 2.48. The van der Waals surface area contributed by atoms with Crippen LogP contribution in [0.15, 0.2) is 23.1 Å². The van der Waals surface area contributed by atoms with Crippen LogP contribution >= 0.6 is 0 Å². The summed E-state index contributed by atoms with van der Waals surface area (Å²) in [6.45, 7) is -2.72. The molecule has 16 heteroatoms. The molecule has 192 valence electrons. The molecular formula is C18H23F3N2O8S3. The first-order valence-corrected chi connectivity index (χ1v) is 13.6. The van der Waals surface area contributed by atoms with Crippen molar-refractivity contribution in [1.29, 1.82) is 0 Å². The van der Waals surface area contributed by atoms with Gasteiger partial charge < -0.3 is 9.29 Å². The fourth-order valence-corrected chi connectivity index (χ4v) is 4.64. The number of amides is 3. The summed E-state index contributed by atoms with van der Waals surface area (Å²) >= 11 is 3.54. The molecule has 1 fully saturated rings. The molecule has 0 bridgehead atoms. The number of nitrogens with zero attached hydrogens (tertiary/aromatic N) is 2. The highest BCUT2D eigenvalue weighted by atomic mass is 32.2. The molecule has 0 N–H and O–H groups in total. The molecule has 1 heterocycles. The minimum Gasteiger partial charge on any atom is -0.743 e. The number of carbonyl (C=O) groups is 2. The van der Waals surface area contributed by atoms with Crippen molar-refractivity contribution in [3.8, 4) is 0 Å². The minimum atomic E-state index is -6.33. The zero-order chi connectivity index (χ0) is 25.9. The molecule has 1 aromatic rings. The first-order valence-electron chi connectivity index (χ1n) is 9.82. The number of sulfonamides is 1. The van der Waals surface area contributed by atoms with E-state index in [0.717, 1.165) is 0 Å². The van der Waals surface area contributed by atoms with Crippen LogP contribution in [0.2, 0.25) is 0 Å². The number of aryl methyl sites for hydroxylation is 2. The summed E-state index contributed by atoms with van der Waals surface area (Å²) in [6, 6.07) is 5.31. The normalized spacial score (nSPS) is 17.5. The molecule has 1 atom stereocenters. The van der Waals surface area contributed by atoms with Gasteiger partial charge in [-0.15, -0.1) is 0 Å². The Morgan fingerprint density at radius 3 is 2.29 bits per heavy atom. The van der Waals surface area contributed by atoms with E-state index in [0.29, 0.717) is 6.26 Å². The molecule has 10 nitrogen and oxygen atoms in total. The van der Waals surface area contributed by atoms with Crippen LogP contribution in [0.4, 0.5) is 22.8 Å². The van der Waals surface area contributed by atoms with Crippen LogP contribution < -0.4 is 0 Å². The monoisotopic (exact) mass is 548 g/mol. The summed E-state index contributed by atoms with van der Waals surface area (Å²) in [7, 11) is -10.3. The van der Waals surface area contributed by atoms with E-state index >= 15 is 0 Å². The van der Waals surface area contributed by atoms with Crippen LogP contribution in [0, 0.1) is 0 Å². The van der Waals surface area contributed by atoms with Gasteiger partial charge in [-0.1, -0.05) is 6.07 Å². The second kappa shape index (κ2) is 10.7. The van der Waals surface area contributed by atoms with E-state index in [-0.39, 0.29) is 9.21 Å². The minimum absolute atomic E-state index is 0.192. The lowest BCUT2D eigenvalue weighted by Crippen LogP contribution is -2.43. The molecule has 1 aliphatic heterocycles. The van der Waals surface area contributed by atoms with Crippen LogP contribution in [0.25, 0.3) is 0 Å². The maximum absolute atomic E-state index is 13.1. The van der Waals surface area contributed by atoms with Crippen molar-refractivity contribution in [3.63, 3.8) is 0 Å². The van der Waals surface area contributed by atoms with Crippen molar-refractivity contribution in [2.45, 2.75) is 42.0 Å². The highest BCUT2D eigenvalue weighted by Crippen LogP contribution is 2.28. The van der Waals surface area contributed by atoms with E-state index in [9.17, 15) is 44.1 Å². The third kappa shape index (κ3) is 6.76. The number of benzene rings is 1. The van der Waals surface area contributed by atoms with Gasteiger partial charge in [-0.3, -0.25) is 0 Å². The number of fused-ring (bicyclic) bond motifs is 1. The molecule has 1 saturated heterocycles. The second-order valence-corrected chi connectivity index (χ2v) is 11.5. The number of ether oxygens (including phenoxy) is 1. The van der Waals surface area contributed by atoms with Crippen molar-refractivity contribution in [3.05, 3.63) is 29.3 Å². The number of imide groups is 1. The summed E-state index contributed by atoms with van der Waals surface area (Å²) in [4.78, 5) is 24.4. The standard InChI is InChI=1S/C10H12S.C8H11F3N2O8S2/c11-10-6-5-8-3-1-2-4-9(8)7-10;1-22(16,17)13-3-2-12(6(13)14)7(15)21-4-5(9)8(10,11)23(18,19)20/h5-7,11H,1-4H2;5H,2-4H2,1H3,(H,18,19,20). The first kappa shape index (κ1) is 28.2. The summed E-state index contributed by atoms with van der Waals surface area (Å²) in [6.07, 6.45) is 0.643. The molecule has 0 spiro atoms. The Labute approximate surface area is 200 Å². The number of rotatable bonds is 5. The van der Waals surface area contributed by atoms with Crippen LogP contribution in [-0.2, 0) is 50.3 Å². The lowest BCUT2D eigenvalue weighted by molar-refractivity contribution is -0.0333. The van der Waals surface area contributed by atoms with Crippen LogP contribution in [0.5, 0.6) is 0 Å². The summed E-state index contributed by atoms with van der Waals surface area (Å²) < 4.78 is 95.9. The van der Waals surface area contributed by atoms with Crippen LogP contribution in [-0.4, -0.2) is 80.1 Å². The van der Waals surface area contributed by atoms with Crippen molar-refractivity contribution in [2.24, 2.45) is 0 Å². The van der Waals surface area contributed by atoms with Gasteiger partial charge in [-0.05, 0) is 61.6 Å². The fraction of sp³-hybridized carbons (Fsp3) is 0.556. The Kier molecular flexibility index (Phi) is 8.88. The first-order chi connectivity index (χ1) is 15.6.